The van der Waals surface area contributed by atoms with Crippen molar-refractivity contribution in [2.75, 3.05) is 25.0 Å². The van der Waals surface area contributed by atoms with Crippen LogP contribution in [0.5, 0.6) is 5.75 Å². The summed E-state index contributed by atoms with van der Waals surface area (Å²) < 4.78 is 5.77. The molecule has 134 valence electrons. The highest BCUT2D eigenvalue weighted by atomic mass is 16.5. The molecule has 1 atom stereocenters. The van der Waals surface area contributed by atoms with Gasteiger partial charge in [0.25, 0.3) is 5.91 Å². The molecule has 1 N–H and O–H groups in total. The van der Waals surface area contributed by atoms with E-state index in [2.05, 4.69) is 47.5 Å². The first-order valence-electron chi connectivity index (χ1n) is 8.65. The van der Waals surface area contributed by atoms with Crippen molar-refractivity contribution >= 4 is 11.6 Å². The maximum absolute atomic E-state index is 12.2. The predicted octanol–water partition coefficient (Wildman–Crippen LogP) is 3.63. The van der Waals surface area contributed by atoms with Crippen molar-refractivity contribution in [1.82, 2.24) is 5.32 Å². The van der Waals surface area contributed by atoms with E-state index in [0.29, 0.717) is 6.54 Å². The van der Waals surface area contributed by atoms with E-state index in [1.807, 2.05) is 33.0 Å². The average molecular weight is 340 g/mol. The normalized spacial score (nSPS) is 11.7. The lowest BCUT2D eigenvalue weighted by Crippen LogP contribution is -2.40. The van der Waals surface area contributed by atoms with Crippen molar-refractivity contribution in [2.45, 2.75) is 33.8 Å². The summed E-state index contributed by atoms with van der Waals surface area (Å²) in [5.41, 5.74) is 4.63. The topological polar surface area (TPSA) is 41.6 Å². The first-order valence-corrected chi connectivity index (χ1v) is 8.65. The number of aryl methyl sites for hydroxylation is 3. The molecule has 2 aromatic carbocycles. The minimum Gasteiger partial charge on any atom is -0.481 e. The van der Waals surface area contributed by atoms with Crippen LogP contribution in [0.15, 0.2) is 42.5 Å². The summed E-state index contributed by atoms with van der Waals surface area (Å²) in [7, 11) is 2.02. The van der Waals surface area contributed by atoms with Crippen LogP contribution < -0.4 is 15.0 Å². The van der Waals surface area contributed by atoms with E-state index in [1.165, 1.54) is 5.56 Å². The van der Waals surface area contributed by atoms with Crippen molar-refractivity contribution in [3.63, 3.8) is 0 Å². The molecule has 2 aromatic rings. The van der Waals surface area contributed by atoms with Crippen LogP contribution in [0.2, 0.25) is 0 Å². The van der Waals surface area contributed by atoms with Gasteiger partial charge in [-0.05, 0) is 63.1 Å². The molecule has 0 aliphatic rings. The van der Waals surface area contributed by atoms with Crippen molar-refractivity contribution in [2.24, 2.45) is 0 Å². The van der Waals surface area contributed by atoms with E-state index in [9.17, 15) is 4.79 Å². The van der Waals surface area contributed by atoms with E-state index < -0.39 is 6.10 Å². The molecule has 0 bridgehead atoms. The Morgan fingerprint density at radius 3 is 2.24 bits per heavy atom. The largest absolute Gasteiger partial charge is 0.481 e. The molecule has 0 heterocycles. The number of anilines is 1. The van der Waals surface area contributed by atoms with Gasteiger partial charge in [0.2, 0.25) is 0 Å². The Hall–Kier alpha value is -2.49. The fraction of sp³-hybridized carbons (Fsp3) is 0.381. The number of carbonyl (C=O) groups is 1. The molecule has 0 unspecified atom stereocenters. The number of amides is 1. The summed E-state index contributed by atoms with van der Waals surface area (Å²) >= 11 is 0. The predicted molar refractivity (Wildman–Crippen MR) is 103 cm³/mol. The van der Waals surface area contributed by atoms with E-state index in [1.54, 1.807) is 6.92 Å². The molecule has 0 aliphatic carbocycles. The van der Waals surface area contributed by atoms with Gasteiger partial charge in [-0.15, -0.1) is 0 Å². The molecule has 0 spiro atoms. The van der Waals surface area contributed by atoms with Crippen LogP contribution in [0, 0.1) is 20.8 Å². The van der Waals surface area contributed by atoms with Crippen LogP contribution in [-0.4, -0.2) is 32.1 Å². The molecule has 0 aromatic heterocycles. The highest BCUT2D eigenvalue weighted by molar-refractivity contribution is 5.80. The number of hydrogen-bond acceptors (Lipinski definition) is 3. The van der Waals surface area contributed by atoms with Gasteiger partial charge in [-0.2, -0.15) is 0 Å². The Morgan fingerprint density at radius 1 is 1.04 bits per heavy atom. The number of benzene rings is 2. The number of carbonyl (C=O) groups excluding carboxylic acids is 1. The minimum atomic E-state index is -0.522. The van der Waals surface area contributed by atoms with Gasteiger partial charge in [0.05, 0.1) is 0 Å². The Kier molecular flexibility index (Phi) is 6.45. The molecule has 0 radical (unpaired) electrons. The Balaban J connectivity index is 1.80. The maximum Gasteiger partial charge on any atom is 0.260 e. The van der Waals surface area contributed by atoms with Gasteiger partial charge in [-0.25, -0.2) is 0 Å². The second-order valence-corrected chi connectivity index (χ2v) is 6.63. The summed E-state index contributed by atoms with van der Waals surface area (Å²) in [6.07, 6.45) is -0.522. The summed E-state index contributed by atoms with van der Waals surface area (Å²) in [5, 5.41) is 2.94. The molecular weight excluding hydrogens is 312 g/mol. The first-order chi connectivity index (χ1) is 11.8. The lowest BCUT2D eigenvalue weighted by molar-refractivity contribution is -0.127. The second kappa shape index (κ2) is 8.56. The third-order valence-corrected chi connectivity index (χ3v) is 4.10. The first kappa shape index (κ1) is 18.8. The number of rotatable bonds is 7. The van der Waals surface area contributed by atoms with Gasteiger partial charge >= 0.3 is 0 Å². The molecule has 0 fully saturated rings. The van der Waals surface area contributed by atoms with Gasteiger partial charge < -0.3 is 15.0 Å². The summed E-state index contributed by atoms with van der Waals surface area (Å²) in [4.78, 5) is 14.3. The molecule has 25 heavy (non-hydrogen) atoms. The molecule has 0 aliphatic heterocycles. The van der Waals surface area contributed by atoms with Crippen LogP contribution in [-0.2, 0) is 4.79 Å². The Morgan fingerprint density at radius 2 is 1.64 bits per heavy atom. The van der Waals surface area contributed by atoms with Crippen LogP contribution in [0.1, 0.15) is 23.6 Å². The van der Waals surface area contributed by atoms with Gasteiger partial charge in [-0.3, -0.25) is 4.79 Å². The van der Waals surface area contributed by atoms with Gasteiger partial charge in [0.15, 0.2) is 6.10 Å². The molecule has 4 heteroatoms. The third-order valence-electron chi connectivity index (χ3n) is 4.10. The van der Waals surface area contributed by atoms with Crippen molar-refractivity contribution < 1.29 is 9.53 Å². The van der Waals surface area contributed by atoms with Crippen LogP contribution >= 0.6 is 0 Å². The highest BCUT2D eigenvalue weighted by Gasteiger charge is 2.14. The summed E-state index contributed by atoms with van der Waals surface area (Å²) in [5.74, 6) is 0.633. The van der Waals surface area contributed by atoms with E-state index in [0.717, 1.165) is 29.1 Å². The summed E-state index contributed by atoms with van der Waals surface area (Å²) in [6, 6.07) is 14.3. The van der Waals surface area contributed by atoms with Crippen molar-refractivity contribution in [3.8, 4) is 5.75 Å². The maximum atomic E-state index is 12.2. The van der Waals surface area contributed by atoms with E-state index in [4.69, 9.17) is 4.74 Å². The molecule has 0 saturated heterocycles. The zero-order chi connectivity index (χ0) is 18.4. The smallest absolute Gasteiger partial charge is 0.260 e. The monoisotopic (exact) mass is 340 g/mol. The van der Waals surface area contributed by atoms with Gasteiger partial charge in [0.1, 0.15) is 5.75 Å². The van der Waals surface area contributed by atoms with E-state index in [-0.39, 0.29) is 5.91 Å². The molecule has 4 nitrogen and oxygen atoms in total. The van der Waals surface area contributed by atoms with Crippen LogP contribution in [0.3, 0.4) is 0 Å². The minimum absolute atomic E-state index is 0.100. The zero-order valence-electron chi connectivity index (χ0n) is 15.8. The lowest BCUT2D eigenvalue weighted by Gasteiger charge is -2.21. The fourth-order valence-corrected chi connectivity index (χ4v) is 2.68. The van der Waals surface area contributed by atoms with Crippen molar-refractivity contribution in [3.05, 3.63) is 59.2 Å². The van der Waals surface area contributed by atoms with Gasteiger partial charge in [-0.1, -0.05) is 23.8 Å². The van der Waals surface area contributed by atoms with E-state index >= 15 is 0 Å². The van der Waals surface area contributed by atoms with Crippen LogP contribution in [0.25, 0.3) is 0 Å². The lowest BCUT2D eigenvalue weighted by atomic mass is 10.1. The number of hydrogen-bond donors (Lipinski definition) is 1. The quantitative estimate of drug-likeness (QED) is 0.837. The molecule has 2 rings (SSSR count). The Bertz CT molecular complexity index is 690. The van der Waals surface area contributed by atoms with Crippen molar-refractivity contribution in [1.29, 1.82) is 0 Å². The third kappa shape index (κ3) is 5.82. The zero-order valence-corrected chi connectivity index (χ0v) is 15.8. The van der Waals surface area contributed by atoms with Gasteiger partial charge in [0, 0.05) is 25.8 Å². The SMILES string of the molecule is Cc1ccc(N(C)CCNC(=O)[C@H](C)Oc2cc(C)cc(C)c2)cc1. The second-order valence-electron chi connectivity index (χ2n) is 6.63. The molecule has 0 saturated carbocycles. The molecule has 1 amide bonds. The fourth-order valence-electron chi connectivity index (χ4n) is 2.68. The number of ether oxygens (including phenoxy) is 1. The summed E-state index contributed by atoms with van der Waals surface area (Å²) in [6.45, 7) is 9.20. The number of likely N-dealkylation sites (N-methyl/N-ethyl adjacent to an activating group) is 1. The van der Waals surface area contributed by atoms with Crippen LogP contribution in [0.4, 0.5) is 5.69 Å². The standard InChI is InChI=1S/C21H28N2O2/c1-15-6-8-19(9-7-15)23(5)11-10-22-21(24)18(4)25-20-13-16(2)12-17(3)14-20/h6-9,12-14,18H,10-11H2,1-5H3,(H,22,24)/t18-/m0/s1. The Labute approximate surface area is 150 Å². The number of nitrogens with one attached hydrogen (secondary N) is 1. The molecular formula is C21H28N2O2. The average Bonchev–Trinajstić information content (AvgIpc) is 2.54. The number of nitrogens with zero attached hydrogens (tertiary/aromatic N) is 1. The highest BCUT2D eigenvalue weighted by Crippen LogP contribution is 2.17.